The van der Waals surface area contributed by atoms with E-state index in [0.717, 1.165) is 54.9 Å². The zero-order valence-electron chi connectivity index (χ0n) is 15.0. The third-order valence-electron chi connectivity index (χ3n) is 5.29. The van der Waals surface area contributed by atoms with E-state index in [1.54, 1.807) is 0 Å². The minimum absolute atomic E-state index is 0.981. The molecule has 2 aliphatic heterocycles. The van der Waals surface area contributed by atoms with Gasteiger partial charge in [-0.2, -0.15) is 0 Å². The molecule has 2 aliphatic rings. The van der Waals surface area contributed by atoms with Crippen LogP contribution in [0.2, 0.25) is 0 Å². The van der Waals surface area contributed by atoms with Crippen molar-refractivity contribution in [2.24, 2.45) is 0 Å². The van der Waals surface area contributed by atoms with Crippen molar-refractivity contribution in [2.75, 3.05) is 10.6 Å². The maximum atomic E-state index is 4.76. The summed E-state index contributed by atoms with van der Waals surface area (Å²) in [4.78, 5) is 9.34. The summed E-state index contributed by atoms with van der Waals surface area (Å²) in [6.07, 6.45) is 14.0. The maximum Gasteiger partial charge on any atom is 0.0943 e. The number of hydrogen-bond acceptors (Lipinski definition) is 4. The van der Waals surface area contributed by atoms with Gasteiger partial charge in [-0.15, -0.1) is 0 Å². The second kappa shape index (κ2) is 5.79. The third kappa shape index (κ3) is 2.25. The topological polar surface area (TPSA) is 49.8 Å². The molecule has 0 saturated carbocycles. The molecule has 2 N–H and O–H groups in total. The highest BCUT2D eigenvalue weighted by Crippen LogP contribution is 2.31. The van der Waals surface area contributed by atoms with Crippen molar-refractivity contribution >= 4 is 51.0 Å². The van der Waals surface area contributed by atoms with Crippen molar-refractivity contribution in [1.29, 1.82) is 0 Å². The van der Waals surface area contributed by atoms with Crippen LogP contribution in [-0.2, 0) is 0 Å². The fourth-order valence-corrected chi connectivity index (χ4v) is 3.89. The van der Waals surface area contributed by atoms with Gasteiger partial charge in [-0.25, -0.2) is 0 Å². The summed E-state index contributed by atoms with van der Waals surface area (Å²) < 4.78 is 0. The van der Waals surface area contributed by atoms with E-state index in [4.69, 9.17) is 4.98 Å². The van der Waals surface area contributed by atoms with E-state index in [9.17, 15) is 0 Å². The molecule has 4 aromatic rings. The van der Waals surface area contributed by atoms with Crippen molar-refractivity contribution in [3.05, 3.63) is 89.2 Å². The van der Waals surface area contributed by atoms with Crippen molar-refractivity contribution in [3.63, 3.8) is 0 Å². The number of fused-ring (bicyclic) bond motifs is 6. The molecular formula is C24H16N4. The van der Waals surface area contributed by atoms with Gasteiger partial charge in [0.15, 0.2) is 0 Å². The molecule has 4 nitrogen and oxygen atoms in total. The molecule has 4 heterocycles. The molecule has 0 amide bonds. The lowest BCUT2D eigenvalue weighted by Gasteiger charge is -2.18. The Balaban J connectivity index is 1.55. The standard InChI is InChI=1S/C24H16N4/c1-3-15-7-8-18-13-19(14-27-23(18)21(15)25-11-1)20-10-9-17-6-5-16-4-2-12-26-22(16)24(17)28-20/h1-14,25,28H. The third-order valence-corrected chi connectivity index (χ3v) is 5.29. The number of nitrogens with one attached hydrogen (secondary N) is 2. The summed E-state index contributed by atoms with van der Waals surface area (Å²) in [7, 11) is 0. The Kier molecular flexibility index (Phi) is 3.14. The second-order valence-corrected chi connectivity index (χ2v) is 6.97. The van der Waals surface area contributed by atoms with Crippen LogP contribution in [0.3, 0.4) is 0 Å². The molecule has 0 radical (unpaired) electrons. The number of rotatable bonds is 0. The first-order chi connectivity index (χ1) is 13.9. The highest BCUT2D eigenvalue weighted by atomic mass is 14.9. The van der Waals surface area contributed by atoms with E-state index < -0.39 is 0 Å². The monoisotopic (exact) mass is 360 g/mol. The first kappa shape index (κ1) is 15.2. The first-order valence-corrected chi connectivity index (χ1v) is 9.26. The smallest absolute Gasteiger partial charge is 0.0943 e. The largest absolute Gasteiger partial charge is 0.359 e. The van der Waals surface area contributed by atoms with E-state index in [1.165, 1.54) is 0 Å². The Morgan fingerprint density at radius 1 is 0.821 bits per heavy atom. The van der Waals surface area contributed by atoms with Crippen molar-refractivity contribution in [3.8, 4) is 0 Å². The summed E-state index contributed by atoms with van der Waals surface area (Å²) in [6, 6.07) is 14.7. The quantitative estimate of drug-likeness (QED) is 0.501. The summed E-state index contributed by atoms with van der Waals surface area (Å²) in [5.41, 5.74) is 6.24. The van der Waals surface area contributed by atoms with E-state index >= 15 is 0 Å². The molecule has 0 atom stereocenters. The Bertz CT molecular complexity index is 1460. The summed E-state index contributed by atoms with van der Waals surface area (Å²) in [6.45, 7) is 0. The molecule has 2 aromatic carbocycles. The molecule has 28 heavy (non-hydrogen) atoms. The molecule has 6 rings (SSSR count). The lowest BCUT2D eigenvalue weighted by atomic mass is 10.0. The lowest BCUT2D eigenvalue weighted by molar-refractivity contribution is 1.34. The van der Waals surface area contributed by atoms with E-state index in [0.29, 0.717) is 0 Å². The highest BCUT2D eigenvalue weighted by Gasteiger charge is 2.13. The van der Waals surface area contributed by atoms with Gasteiger partial charge in [0.05, 0.1) is 22.4 Å². The van der Waals surface area contributed by atoms with Gasteiger partial charge in [0.2, 0.25) is 0 Å². The fraction of sp³-hybridized carbons (Fsp3) is 0. The molecular weight excluding hydrogens is 344 g/mol. The first-order valence-electron chi connectivity index (χ1n) is 9.26. The predicted molar refractivity (Wildman–Crippen MR) is 116 cm³/mol. The van der Waals surface area contributed by atoms with Crippen molar-refractivity contribution in [1.82, 2.24) is 9.97 Å². The number of benzene rings is 2. The van der Waals surface area contributed by atoms with Crippen LogP contribution in [-0.4, -0.2) is 9.97 Å². The average Bonchev–Trinajstić information content (AvgIpc) is 2.78. The zero-order chi connectivity index (χ0) is 18.5. The molecule has 2 aromatic heterocycles. The Labute approximate surface area is 161 Å². The summed E-state index contributed by atoms with van der Waals surface area (Å²) in [5.74, 6) is 0. The van der Waals surface area contributed by atoms with Gasteiger partial charge in [0.1, 0.15) is 0 Å². The number of pyridine rings is 2. The second-order valence-electron chi connectivity index (χ2n) is 6.97. The molecule has 0 saturated heterocycles. The van der Waals surface area contributed by atoms with Crippen LogP contribution >= 0.6 is 0 Å². The van der Waals surface area contributed by atoms with Gasteiger partial charge in [-0.1, -0.05) is 42.5 Å². The SMILES string of the molecule is C1=CNc2c(ccc3cc(=C4C=Cc5ccc6cccnc6c5N4)cnc23)=C1. The number of aromatic nitrogens is 2. The number of hydrogen-bond donors (Lipinski definition) is 2. The van der Waals surface area contributed by atoms with Crippen LogP contribution in [0, 0.1) is 0 Å². The summed E-state index contributed by atoms with van der Waals surface area (Å²) in [5, 5.41) is 11.3. The Morgan fingerprint density at radius 2 is 1.75 bits per heavy atom. The van der Waals surface area contributed by atoms with Gasteiger partial charge in [-0.3, -0.25) is 9.97 Å². The molecule has 0 spiro atoms. The minimum Gasteiger partial charge on any atom is -0.359 e. The normalized spacial score (nSPS) is 16.1. The minimum atomic E-state index is 0.981. The van der Waals surface area contributed by atoms with Crippen LogP contribution in [0.15, 0.2) is 73.2 Å². The Morgan fingerprint density at radius 3 is 2.75 bits per heavy atom. The number of anilines is 2. The van der Waals surface area contributed by atoms with Crippen LogP contribution < -0.4 is 21.1 Å². The fourth-order valence-electron chi connectivity index (χ4n) is 3.89. The van der Waals surface area contributed by atoms with E-state index in [2.05, 4.69) is 70.2 Å². The van der Waals surface area contributed by atoms with Crippen molar-refractivity contribution in [2.45, 2.75) is 0 Å². The number of nitrogens with zero attached hydrogens (tertiary/aromatic N) is 2. The molecule has 0 bridgehead atoms. The molecule has 132 valence electrons. The molecule has 0 aliphatic carbocycles. The molecule has 4 heteroatoms. The van der Waals surface area contributed by atoms with Crippen LogP contribution in [0.5, 0.6) is 0 Å². The van der Waals surface area contributed by atoms with Gasteiger partial charge in [-0.05, 0) is 24.3 Å². The van der Waals surface area contributed by atoms with Gasteiger partial charge in [0, 0.05) is 51.1 Å². The van der Waals surface area contributed by atoms with E-state index in [-0.39, 0.29) is 0 Å². The Hall–Kier alpha value is -3.92. The van der Waals surface area contributed by atoms with E-state index in [1.807, 2.05) is 30.7 Å². The lowest BCUT2D eigenvalue weighted by Crippen LogP contribution is -2.16. The van der Waals surface area contributed by atoms with Gasteiger partial charge in [0.25, 0.3) is 0 Å². The maximum absolute atomic E-state index is 4.76. The van der Waals surface area contributed by atoms with Crippen molar-refractivity contribution < 1.29 is 0 Å². The van der Waals surface area contributed by atoms with Crippen LogP contribution in [0.1, 0.15) is 5.56 Å². The van der Waals surface area contributed by atoms with Crippen LogP contribution in [0.4, 0.5) is 11.4 Å². The molecule has 0 unspecified atom stereocenters. The molecule has 0 fully saturated rings. The van der Waals surface area contributed by atoms with Gasteiger partial charge < -0.3 is 10.6 Å². The highest BCUT2D eigenvalue weighted by molar-refractivity contribution is 6.01. The average molecular weight is 360 g/mol. The predicted octanol–water partition coefficient (Wildman–Crippen LogP) is 3.75. The van der Waals surface area contributed by atoms with Gasteiger partial charge >= 0.3 is 0 Å². The number of allylic oxidation sites excluding steroid dienone is 1. The summed E-state index contributed by atoms with van der Waals surface area (Å²) >= 11 is 0. The zero-order valence-corrected chi connectivity index (χ0v) is 15.0. The van der Waals surface area contributed by atoms with Crippen LogP contribution in [0.25, 0.3) is 39.7 Å².